The Hall–Kier alpha value is -3.96. The highest BCUT2D eigenvalue weighted by Gasteiger charge is 2.25. The van der Waals surface area contributed by atoms with Crippen LogP contribution in [0.1, 0.15) is 65.9 Å². The van der Waals surface area contributed by atoms with Crippen molar-refractivity contribution in [3.63, 3.8) is 0 Å². The van der Waals surface area contributed by atoms with Gasteiger partial charge in [0.05, 0.1) is 24.1 Å². The fourth-order valence-corrected chi connectivity index (χ4v) is 5.64. The Morgan fingerprint density at radius 3 is 2.31 bits per heavy atom. The van der Waals surface area contributed by atoms with Crippen LogP contribution in [0.4, 0.5) is 0 Å². The zero-order chi connectivity index (χ0) is 27.5. The Morgan fingerprint density at radius 2 is 1.62 bits per heavy atom. The van der Waals surface area contributed by atoms with Crippen molar-refractivity contribution >= 4 is 22.5 Å². The van der Waals surface area contributed by atoms with Gasteiger partial charge < -0.3 is 10.4 Å². The van der Waals surface area contributed by atoms with Gasteiger partial charge in [-0.3, -0.25) is 9.20 Å². The molecule has 0 aliphatic carbocycles. The van der Waals surface area contributed by atoms with Crippen molar-refractivity contribution < 1.29 is 9.90 Å². The predicted octanol–water partition coefficient (Wildman–Crippen LogP) is 6.67. The number of carbonyl (C=O) groups is 1. The van der Waals surface area contributed by atoms with Gasteiger partial charge in [-0.05, 0) is 55.0 Å². The number of aryl methyl sites for hydroxylation is 2. The first kappa shape index (κ1) is 26.6. The van der Waals surface area contributed by atoms with Crippen molar-refractivity contribution in [1.82, 2.24) is 14.7 Å². The van der Waals surface area contributed by atoms with Crippen molar-refractivity contribution in [2.24, 2.45) is 5.92 Å². The molecule has 3 aromatic carbocycles. The molecule has 5 heteroatoms. The number of nitrogens with one attached hydrogen (secondary N) is 1. The molecule has 0 fully saturated rings. The first-order valence-corrected chi connectivity index (χ1v) is 13.8. The third-order valence-corrected chi connectivity index (χ3v) is 7.49. The van der Waals surface area contributed by atoms with Crippen LogP contribution in [0.5, 0.6) is 0 Å². The molecule has 0 radical (unpaired) electrons. The third kappa shape index (κ3) is 5.59. The molecule has 0 aliphatic heterocycles. The quantitative estimate of drug-likeness (QED) is 0.228. The van der Waals surface area contributed by atoms with E-state index in [0.29, 0.717) is 5.92 Å². The van der Waals surface area contributed by atoms with Crippen LogP contribution >= 0.6 is 0 Å². The second kappa shape index (κ2) is 11.4. The summed E-state index contributed by atoms with van der Waals surface area (Å²) < 4.78 is 2.25. The molecule has 2 aromatic heterocycles. The molecule has 0 spiro atoms. The van der Waals surface area contributed by atoms with Crippen LogP contribution in [-0.4, -0.2) is 27.0 Å². The first-order chi connectivity index (χ1) is 18.9. The number of hydrogen-bond donors (Lipinski definition) is 2. The molecule has 1 unspecified atom stereocenters. The number of aromatic nitrogens is 2. The summed E-state index contributed by atoms with van der Waals surface area (Å²) in [5.41, 5.74) is 8.66. The van der Waals surface area contributed by atoms with E-state index in [4.69, 9.17) is 4.98 Å². The molecule has 0 aliphatic rings. The van der Waals surface area contributed by atoms with Crippen LogP contribution < -0.4 is 5.32 Å². The number of benzene rings is 3. The predicted molar refractivity (Wildman–Crippen MR) is 158 cm³/mol. The molecular weight excluding hydrogens is 482 g/mol. The number of aliphatic hydroxyl groups excluding tert-OH is 1. The van der Waals surface area contributed by atoms with Crippen LogP contribution in [-0.2, 0) is 11.2 Å². The monoisotopic (exact) mass is 519 g/mol. The van der Waals surface area contributed by atoms with Crippen molar-refractivity contribution in [3.05, 3.63) is 119 Å². The average molecular weight is 520 g/mol. The molecule has 2 heterocycles. The van der Waals surface area contributed by atoms with Gasteiger partial charge in [0.25, 0.3) is 0 Å². The van der Waals surface area contributed by atoms with E-state index < -0.39 is 6.04 Å². The first-order valence-electron chi connectivity index (χ1n) is 13.8. The smallest absolute Gasteiger partial charge is 0.228 e. The van der Waals surface area contributed by atoms with Gasteiger partial charge >= 0.3 is 0 Å². The van der Waals surface area contributed by atoms with Gasteiger partial charge in [-0.2, -0.15) is 0 Å². The summed E-state index contributed by atoms with van der Waals surface area (Å²) in [5.74, 6) is 0.000185. The number of nitrogens with zero attached hydrogens (tertiary/aromatic N) is 2. The lowest BCUT2D eigenvalue weighted by atomic mass is 9.88. The highest BCUT2D eigenvalue weighted by molar-refractivity contribution is 5.91. The lowest BCUT2D eigenvalue weighted by Gasteiger charge is -2.23. The highest BCUT2D eigenvalue weighted by atomic mass is 16.3. The van der Waals surface area contributed by atoms with E-state index in [1.807, 2.05) is 37.3 Å². The molecule has 2 N–H and O–H groups in total. The van der Waals surface area contributed by atoms with Gasteiger partial charge in [-0.1, -0.05) is 86.6 Å². The number of rotatable bonds is 9. The van der Waals surface area contributed by atoms with Gasteiger partial charge in [-0.15, -0.1) is 0 Å². The lowest BCUT2D eigenvalue weighted by molar-refractivity contribution is -0.124. The molecule has 39 heavy (non-hydrogen) atoms. The maximum atomic E-state index is 13.5. The van der Waals surface area contributed by atoms with E-state index in [0.717, 1.165) is 35.3 Å². The van der Waals surface area contributed by atoms with E-state index in [2.05, 4.69) is 85.1 Å². The van der Waals surface area contributed by atoms with E-state index in [1.165, 1.54) is 27.7 Å². The van der Waals surface area contributed by atoms with E-state index in [9.17, 15) is 9.90 Å². The summed E-state index contributed by atoms with van der Waals surface area (Å²) in [4.78, 5) is 18.4. The van der Waals surface area contributed by atoms with Gasteiger partial charge in [0.15, 0.2) is 0 Å². The zero-order valence-electron chi connectivity index (χ0n) is 23.2. The topological polar surface area (TPSA) is 66.6 Å². The SMILES string of the molecule is Cc1cc(C)n2c(n1)c(Cc1ccc(C(CC(C)C)C(=O)N[C@@H](CO)c3ccccc3)cc1)c1ccccc12. The highest BCUT2D eigenvalue weighted by Crippen LogP contribution is 2.31. The van der Waals surface area contributed by atoms with Crippen molar-refractivity contribution in [2.75, 3.05) is 6.61 Å². The fourth-order valence-electron chi connectivity index (χ4n) is 5.64. The maximum Gasteiger partial charge on any atom is 0.228 e. The number of aliphatic hydroxyl groups is 1. The molecule has 0 saturated carbocycles. The lowest BCUT2D eigenvalue weighted by Crippen LogP contribution is -2.35. The Bertz CT molecular complexity index is 1590. The molecule has 5 aromatic rings. The molecule has 200 valence electrons. The second-order valence-corrected chi connectivity index (χ2v) is 10.9. The fraction of sp³-hybridized carbons (Fsp3) is 0.294. The molecular formula is C34H37N3O2. The normalized spacial score (nSPS) is 13.2. The Labute approximate surface area is 230 Å². The minimum atomic E-state index is -0.427. The molecule has 5 rings (SSSR count). The van der Waals surface area contributed by atoms with E-state index in [1.54, 1.807) is 0 Å². The second-order valence-electron chi connectivity index (χ2n) is 10.9. The number of amides is 1. The number of carbonyl (C=O) groups excluding carboxylic acids is 1. The van der Waals surface area contributed by atoms with E-state index in [-0.39, 0.29) is 18.4 Å². The Kier molecular flexibility index (Phi) is 7.80. The van der Waals surface area contributed by atoms with Crippen LogP contribution in [0.3, 0.4) is 0 Å². The Morgan fingerprint density at radius 1 is 0.923 bits per heavy atom. The van der Waals surface area contributed by atoms with Crippen molar-refractivity contribution in [1.29, 1.82) is 0 Å². The zero-order valence-corrected chi connectivity index (χ0v) is 23.2. The number of para-hydroxylation sites is 1. The van der Waals surface area contributed by atoms with Crippen LogP contribution in [0.15, 0.2) is 84.9 Å². The van der Waals surface area contributed by atoms with Gasteiger partial charge in [0, 0.05) is 28.8 Å². The minimum absolute atomic E-state index is 0.0565. The maximum absolute atomic E-state index is 13.5. The van der Waals surface area contributed by atoms with Crippen molar-refractivity contribution in [3.8, 4) is 0 Å². The van der Waals surface area contributed by atoms with Gasteiger partial charge in [-0.25, -0.2) is 4.98 Å². The summed E-state index contributed by atoms with van der Waals surface area (Å²) in [6.45, 7) is 8.30. The Balaban J connectivity index is 1.43. The van der Waals surface area contributed by atoms with Gasteiger partial charge in [0.2, 0.25) is 5.91 Å². The number of hydrogen-bond acceptors (Lipinski definition) is 3. The third-order valence-electron chi connectivity index (χ3n) is 7.49. The molecule has 0 bridgehead atoms. The standard InChI is InChI=1S/C34H37N3O2/c1-22(2)18-29(34(39)36-31(21-38)27-10-6-5-7-11-27)26-16-14-25(15-17-26)20-30-28-12-8-9-13-32(28)37-24(4)19-23(3)35-33(30)37/h5-17,19,22,29,31,38H,18,20-21H2,1-4H3,(H,36,39)/t29?,31-/m0/s1. The van der Waals surface area contributed by atoms with Gasteiger partial charge in [0.1, 0.15) is 5.65 Å². The van der Waals surface area contributed by atoms with Crippen LogP contribution in [0.25, 0.3) is 16.6 Å². The summed E-state index contributed by atoms with van der Waals surface area (Å²) in [6, 6.07) is 28.3. The number of fused-ring (bicyclic) bond motifs is 3. The molecule has 1 amide bonds. The molecule has 5 nitrogen and oxygen atoms in total. The minimum Gasteiger partial charge on any atom is -0.394 e. The average Bonchev–Trinajstić information content (AvgIpc) is 3.24. The van der Waals surface area contributed by atoms with Crippen molar-refractivity contribution in [2.45, 2.75) is 52.5 Å². The van der Waals surface area contributed by atoms with Crippen LogP contribution in [0.2, 0.25) is 0 Å². The molecule has 0 saturated heterocycles. The summed E-state index contributed by atoms with van der Waals surface area (Å²) in [6.07, 6.45) is 1.49. The molecule has 2 atom stereocenters. The summed E-state index contributed by atoms with van der Waals surface area (Å²) in [7, 11) is 0. The van der Waals surface area contributed by atoms with E-state index >= 15 is 0 Å². The summed E-state index contributed by atoms with van der Waals surface area (Å²) in [5, 5.41) is 14.3. The summed E-state index contributed by atoms with van der Waals surface area (Å²) >= 11 is 0. The largest absolute Gasteiger partial charge is 0.394 e. The van der Waals surface area contributed by atoms with Crippen LogP contribution in [0, 0.1) is 19.8 Å².